The number of carbonyl (C=O) groups excluding carboxylic acids is 1. The summed E-state index contributed by atoms with van der Waals surface area (Å²) in [5.41, 5.74) is 1.80. The van der Waals surface area contributed by atoms with E-state index in [0.29, 0.717) is 24.5 Å². The molecule has 0 bridgehead atoms. The minimum absolute atomic E-state index is 0.0856. The maximum atomic E-state index is 12.8. The Balaban J connectivity index is 1.98. The Bertz CT molecular complexity index is 988. The van der Waals surface area contributed by atoms with E-state index >= 15 is 0 Å². The third kappa shape index (κ3) is 4.44. The molecule has 0 fully saturated rings. The molecule has 0 atom stereocenters. The first kappa shape index (κ1) is 19.7. The molecule has 3 aromatic rings. The fourth-order valence-corrected chi connectivity index (χ4v) is 3.75. The monoisotopic (exact) mass is 413 g/mol. The summed E-state index contributed by atoms with van der Waals surface area (Å²) in [5, 5.41) is 0.724. The number of carbonyl (C=O) groups is 1. The molecule has 0 aliphatic carbocycles. The first-order chi connectivity index (χ1) is 12.8. The van der Waals surface area contributed by atoms with Gasteiger partial charge in [0.2, 0.25) is 0 Å². The first-order valence-electron chi connectivity index (χ1n) is 8.10. The second kappa shape index (κ2) is 7.90. The smallest absolute Gasteiger partial charge is 0.319 e. The minimum Gasteiger partial charge on any atom is -0.319 e. The number of aromatic nitrogens is 3. The summed E-state index contributed by atoms with van der Waals surface area (Å²) in [4.78, 5) is 19.1. The lowest BCUT2D eigenvalue weighted by atomic mass is 10.2. The van der Waals surface area contributed by atoms with Gasteiger partial charge in [-0.15, -0.1) is 0 Å². The van der Waals surface area contributed by atoms with Gasteiger partial charge < -0.3 is 9.36 Å². The molecule has 0 aliphatic rings. The molecular formula is C18H15ClF3N3OS. The van der Waals surface area contributed by atoms with Gasteiger partial charge in [-0.05, 0) is 48.9 Å². The molecule has 2 heterocycles. The standard InChI is InChI=1S/C18H15ClF3N3OS/c1-11-4-5-15-14(8-11)24-17(25(15)6-2-3-7-26)27-16-13(19)9-12(10-23-16)18(20,21)22/h4-5,7-10H,2-3,6H2,1H3. The molecule has 0 aliphatic heterocycles. The number of benzene rings is 1. The van der Waals surface area contributed by atoms with E-state index in [1.165, 1.54) is 0 Å². The highest BCUT2D eigenvalue weighted by Crippen LogP contribution is 2.37. The van der Waals surface area contributed by atoms with Crippen molar-refractivity contribution in [3.8, 4) is 0 Å². The predicted molar refractivity (Wildman–Crippen MR) is 98.1 cm³/mol. The number of alkyl halides is 3. The zero-order chi connectivity index (χ0) is 19.6. The van der Waals surface area contributed by atoms with Gasteiger partial charge in [-0.1, -0.05) is 17.7 Å². The van der Waals surface area contributed by atoms with E-state index in [1.807, 2.05) is 29.7 Å². The van der Waals surface area contributed by atoms with Crippen LogP contribution in [0.4, 0.5) is 13.2 Å². The molecule has 142 valence electrons. The molecule has 0 N–H and O–H groups in total. The Morgan fingerprint density at radius 3 is 2.74 bits per heavy atom. The predicted octanol–water partition coefficient (Wildman–Crippen LogP) is 5.54. The lowest BCUT2D eigenvalue weighted by molar-refractivity contribution is -0.137. The highest BCUT2D eigenvalue weighted by atomic mass is 35.5. The van der Waals surface area contributed by atoms with Crippen molar-refractivity contribution in [2.24, 2.45) is 0 Å². The number of imidazole rings is 1. The van der Waals surface area contributed by atoms with Crippen molar-refractivity contribution in [1.82, 2.24) is 14.5 Å². The van der Waals surface area contributed by atoms with Gasteiger partial charge in [0.25, 0.3) is 0 Å². The van der Waals surface area contributed by atoms with Gasteiger partial charge in [0.15, 0.2) is 5.16 Å². The molecule has 0 unspecified atom stereocenters. The third-order valence-corrected chi connectivity index (χ3v) is 5.31. The van der Waals surface area contributed by atoms with Crippen molar-refractivity contribution in [2.45, 2.75) is 42.7 Å². The van der Waals surface area contributed by atoms with Gasteiger partial charge >= 0.3 is 6.18 Å². The summed E-state index contributed by atoms with van der Waals surface area (Å²) >= 11 is 7.12. The average molecular weight is 414 g/mol. The van der Waals surface area contributed by atoms with Crippen LogP contribution in [0.15, 0.2) is 40.6 Å². The highest BCUT2D eigenvalue weighted by molar-refractivity contribution is 7.99. The summed E-state index contributed by atoms with van der Waals surface area (Å²) in [7, 11) is 0. The number of aldehydes is 1. The molecule has 0 radical (unpaired) electrons. The number of rotatable bonds is 6. The van der Waals surface area contributed by atoms with E-state index in [2.05, 4.69) is 9.97 Å². The minimum atomic E-state index is -4.50. The van der Waals surface area contributed by atoms with E-state index in [1.54, 1.807) is 0 Å². The van der Waals surface area contributed by atoms with E-state index in [0.717, 1.165) is 46.9 Å². The van der Waals surface area contributed by atoms with Crippen LogP contribution >= 0.6 is 23.4 Å². The molecule has 4 nitrogen and oxygen atoms in total. The van der Waals surface area contributed by atoms with Gasteiger partial charge in [-0.25, -0.2) is 9.97 Å². The number of halogens is 4. The Labute approximate surface area is 162 Å². The van der Waals surface area contributed by atoms with Gasteiger partial charge in [0, 0.05) is 19.2 Å². The lowest BCUT2D eigenvalue weighted by Crippen LogP contribution is -2.06. The normalized spacial score (nSPS) is 11.9. The van der Waals surface area contributed by atoms with Crippen LogP contribution in [0.2, 0.25) is 5.02 Å². The fraction of sp³-hybridized carbons (Fsp3) is 0.278. The average Bonchev–Trinajstić information content (AvgIpc) is 2.92. The van der Waals surface area contributed by atoms with Crippen molar-refractivity contribution in [3.05, 3.63) is 46.6 Å². The summed E-state index contributed by atoms with van der Waals surface area (Å²) in [6.07, 6.45) is -1.85. The van der Waals surface area contributed by atoms with Crippen molar-refractivity contribution >= 4 is 40.7 Å². The molecule has 0 saturated heterocycles. The summed E-state index contributed by atoms with van der Waals surface area (Å²) in [5.74, 6) is 0. The topological polar surface area (TPSA) is 47.8 Å². The van der Waals surface area contributed by atoms with Crippen LogP contribution in [0.25, 0.3) is 11.0 Å². The fourth-order valence-electron chi connectivity index (χ4n) is 2.59. The Hall–Kier alpha value is -2.06. The van der Waals surface area contributed by atoms with E-state index in [9.17, 15) is 18.0 Å². The van der Waals surface area contributed by atoms with Crippen LogP contribution in [-0.4, -0.2) is 20.8 Å². The third-order valence-electron chi connectivity index (χ3n) is 3.90. The number of pyridine rings is 1. The highest BCUT2D eigenvalue weighted by Gasteiger charge is 2.31. The number of nitrogens with zero attached hydrogens (tertiary/aromatic N) is 3. The van der Waals surface area contributed by atoms with Crippen LogP contribution < -0.4 is 0 Å². The molecule has 0 saturated carbocycles. The van der Waals surface area contributed by atoms with Crippen molar-refractivity contribution in [3.63, 3.8) is 0 Å². The molecule has 0 spiro atoms. The Morgan fingerprint density at radius 1 is 1.30 bits per heavy atom. The number of hydrogen-bond donors (Lipinski definition) is 0. The van der Waals surface area contributed by atoms with E-state index in [4.69, 9.17) is 11.6 Å². The number of aryl methyl sites for hydroxylation is 2. The molecule has 3 rings (SSSR count). The zero-order valence-electron chi connectivity index (χ0n) is 14.3. The Kier molecular flexibility index (Phi) is 5.76. The van der Waals surface area contributed by atoms with Crippen molar-refractivity contribution < 1.29 is 18.0 Å². The van der Waals surface area contributed by atoms with Crippen LogP contribution in [-0.2, 0) is 17.5 Å². The SMILES string of the molecule is Cc1ccc2c(c1)nc(Sc1ncc(C(F)(F)F)cc1Cl)n2CCCC=O. The van der Waals surface area contributed by atoms with Gasteiger partial charge in [0.05, 0.1) is 21.6 Å². The van der Waals surface area contributed by atoms with Crippen LogP contribution in [0, 0.1) is 6.92 Å². The molecule has 27 heavy (non-hydrogen) atoms. The van der Waals surface area contributed by atoms with E-state index < -0.39 is 11.7 Å². The summed E-state index contributed by atoms with van der Waals surface area (Å²) in [6, 6.07) is 6.68. The lowest BCUT2D eigenvalue weighted by Gasteiger charge is -2.10. The quantitative estimate of drug-likeness (QED) is 0.393. The summed E-state index contributed by atoms with van der Waals surface area (Å²) < 4.78 is 40.3. The molecule has 2 aromatic heterocycles. The number of unbranched alkanes of at least 4 members (excludes halogenated alkanes) is 1. The van der Waals surface area contributed by atoms with Crippen LogP contribution in [0.3, 0.4) is 0 Å². The zero-order valence-corrected chi connectivity index (χ0v) is 15.8. The molecular weight excluding hydrogens is 399 g/mol. The molecule has 0 amide bonds. The largest absolute Gasteiger partial charge is 0.417 e. The number of hydrogen-bond acceptors (Lipinski definition) is 4. The van der Waals surface area contributed by atoms with Gasteiger partial charge in [-0.2, -0.15) is 13.2 Å². The Morgan fingerprint density at radius 2 is 2.07 bits per heavy atom. The maximum absolute atomic E-state index is 12.8. The van der Waals surface area contributed by atoms with Gasteiger partial charge in [0.1, 0.15) is 11.3 Å². The van der Waals surface area contributed by atoms with E-state index in [-0.39, 0.29) is 10.0 Å². The van der Waals surface area contributed by atoms with Crippen LogP contribution in [0.5, 0.6) is 0 Å². The van der Waals surface area contributed by atoms with Crippen molar-refractivity contribution in [1.29, 1.82) is 0 Å². The second-order valence-electron chi connectivity index (χ2n) is 5.96. The van der Waals surface area contributed by atoms with Crippen LogP contribution in [0.1, 0.15) is 24.0 Å². The maximum Gasteiger partial charge on any atom is 0.417 e. The summed E-state index contributed by atoms with van der Waals surface area (Å²) in [6.45, 7) is 2.50. The first-order valence-corrected chi connectivity index (χ1v) is 9.30. The second-order valence-corrected chi connectivity index (χ2v) is 7.32. The molecule has 1 aromatic carbocycles. The number of fused-ring (bicyclic) bond motifs is 1. The molecule has 9 heteroatoms. The van der Waals surface area contributed by atoms with Crippen molar-refractivity contribution in [2.75, 3.05) is 0 Å². The van der Waals surface area contributed by atoms with Gasteiger partial charge in [-0.3, -0.25) is 0 Å².